The Bertz CT molecular complexity index is 1030. The molecular formula is C20H19BrN2OS2. The molecule has 0 saturated carbocycles. The normalized spacial score (nSPS) is 14.3. The number of nitrogens with one attached hydrogen (secondary N) is 1. The molecule has 1 aliphatic rings. The lowest BCUT2D eigenvalue weighted by molar-refractivity contribution is 0.340. The fourth-order valence-electron chi connectivity index (χ4n) is 3.28. The lowest BCUT2D eigenvalue weighted by Gasteiger charge is -2.33. The third kappa shape index (κ3) is 2.90. The van der Waals surface area contributed by atoms with E-state index >= 15 is 0 Å². The number of nitrogens with zero attached hydrogens (tertiary/aromatic N) is 1. The zero-order chi connectivity index (χ0) is 18.5. The molecule has 1 aromatic heterocycles. The van der Waals surface area contributed by atoms with Crippen LogP contribution in [0.3, 0.4) is 0 Å². The maximum absolute atomic E-state index is 5.91. The van der Waals surface area contributed by atoms with Crippen LogP contribution < -0.4 is 10.1 Å². The van der Waals surface area contributed by atoms with Crippen molar-refractivity contribution in [1.29, 1.82) is 0 Å². The van der Waals surface area contributed by atoms with E-state index in [0.29, 0.717) is 6.61 Å². The molecule has 1 aliphatic heterocycles. The van der Waals surface area contributed by atoms with Crippen LogP contribution in [-0.4, -0.2) is 10.6 Å². The summed E-state index contributed by atoms with van der Waals surface area (Å²) in [4.78, 5) is 1.24. The van der Waals surface area contributed by atoms with E-state index in [9.17, 15) is 0 Å². The van der Waals surface area contributed by atoms with Crippen LogP contribution in [-0.2, 0) is 5.54 Å². The molecule has 0 fully saturated rings. The quantitative estimate of drug-likeness (QED) is 0.450. The number of hydrogen-bond acceptors (Lipinski definition) is 4. The summed E-state index contributed by atoms with van der Waals surface area (Å²) >= 11 is 11.1. The Morgan fingerprint density at radius 1 is 1.19 bits per heavy atom. The molecule has 0 spiro atoms. The molecule has 26 heavy (non-hydrogen) atoms. The first-order chi connectivity index (χ1) is 12.4. The first-order valence-electron chi connectivity index (χ1n) is 8.49. The Balaban J connectivity index is 1.95. The number of hydrogen-bond donors (Lipinski definition) is 1. The summed E-state index contributed by atoms with van der Waals surface area (Å²) in [5.41, 5.74) is 4.23. The second-order valence-corrected chi connectivity index (χ2v) is 9.02. The molecule has 2 heterocycles. The molecule has 134 valence electrons. The Kier molecular flexibility index (Phi) is 4.45. The molecule has 0 amide bonds. The molecule has 3 aromatic rings. The largest absolute Gasteiger partial charge is 0.494 e. The molecule has 0 radical (unpaired) electrons. The van der Waals surface area contributed by atoms with Crippen LogP contribution in [0.1, 0.15) is 25.6 Å². The van der Waals surface area contributed by atoms with Crippen molar-refractivity contribution in [2.45, 2.75) is 26.3 Å². The summed E-state index contributed by atoms with van der Waals surface area (Å²) in [5, 5.41) is 3.65. The van der Waals surface area contributed by atoms with Gasteiger partial charge in [-0.2, -0.15) is 0 Å². The summed E-state index contributed by atoms with van der Waals surface area (Å²) in [6.45, 7) is 7.04. The highest BCUT2D eigenvalue weighted by Crippen LogP contribution is 2.48. The van der Waals surface area contributed by atoms with E-state index in [1.807, 2.05) is 25.1 Å². The highest BCUT2D eigenvalue weighted by atomic mass is 79.9. The van der Waals surface area contributed by atoms with E-state index in [0.717, 1.165) is 37.4 Å². The molecular weight excluding hydrogens is 428 g/mol. The van der Waals surface area contributed by atoms with Gasteiger partial charge in [-0.25, -0.2) is 0 Å². The molecule has 1 N–H and O–H groups in total. The van der Waals surface area contributed by atoms with Crippen molar-refractivity contribution >= 4 is 45.4 Å². The van der Waals surface area contributed by atoms with Gasteiger partial charge in [0.25, 0.3) is 0 Å². The minimum atomic E-state index is -0.186. The smallest absolute Gasteiger partial charge is 0.129 e. The van der Waals surface area contributed by atoms with E-state index in [2.05, 4.69) is 63.3 Å². The summed E-state index contributed by atoms with van der Waals surface area (Å²) in [6.07, 6.45) is 0. The van der Waals surface area contributed by atoms with E-state index in [-0.39, 0.29) is 5.54 Å². The minimum absolute atomic E-state index is 0.186. The van der Waals surface area contributed by atoms with Gasteiger partial charge in [-0.15, -0.1) is 0 Å². The van der Waals surface area contributed by atoms with E-state index in [1.165, 1.54) is 4.88 Å². The molecule has 0 aliphatic carbocycles. The van der Waals surface area contributed by atoms with Crippen molar-refractivity contribution in [3.8, 4) is 22.6 Å². The Morgan fingerprint density at radius 2 is 1.92 bits per heavy atom. The second-order valence-electron chi connectivity index (χ2n) is 6.76. The Hall–Kier alpha value is -1.63. The molecule has 6 heteroatoms. The molecule has 3 nitrogen and oxygen atoms in total. The monoisotopic (exact) mass is 446 g/mol. The van der Waals surface area contributed by atoms with Gasteiger partial charge >= 0.3 is 0 Å². The number of anilines is 1. The van der Waals surface area contributed by atoms with Gasteiger partial charge in [-0.3, -0.25) is 3.96 Å². The Labute approximate surface area is 170 Å². The number of aromatic nitrogens is 1. The number of benzene rings is 2. The van der Waals surface area contributed by atoms with E-state index in [4.69, 9.17) is 17.0 Å². The van der Waals surface area contributed by atoms with Gasteiger partial charge in [0.15, 0.2) is 0 Å². The topological polar surface area (TPSA) is 26.2 Å². The van der Waals surface area contributed by atoms with Crippen LogP contribution in [0.25, 0.3) is 16.8 Å². The summed E-state index contributed by atoms with van der Waals surface area (Å²) < 4.78 is 9.75. The standard InChI is InChI=1S/C20H19BrN2OS2/c1-4-24-14-9-10-16-15(11-14)17-18(20(2,3)22-16)26-23(19(17)25)13-7-5-12(21)6-8-13/h5-11,22H,4H2,1-3H3. The fourth-order valence-corrected chi connectivity index (χ4v) is 5.20. The van der Waals surface area contributed by atoms with Crippen LogP contribution in [0.15, 0.2) is 46.9 Å². The van der Waals surface area contributed by atoms with Gasteiger partial charge < -0.3 is 10.1 Å². The highest BCUT2D eigenvalue weighted by Gasteiger charge is 2.34. The third-order valence-electron chi connectivity index (χ3n) is 4.46. The lowest BCUT2D eigenvalue weighted by Crippen LogP contribution is -2.30. The maximum atomic E-state index is 5.91. The van der Waals surface area contributed by atoms with Crippen molar-refractivity contribution in [3.05, 3.63) is 56.5 Å². The predicted octanol–water partition coefficient (Wildman–Crippen LogP) is 6.76. The zero-order valence-corrected chi connectivity index (χ0v) is 18.0. The number of rotatable bonds is 3. The third-order valence-corrected chi connectivity index (χ3v) is 6.96. The lowest BCUT2D eigenvalue weighted by atomic mass is 9.90. The zero-order valence-electron chi connectivity index (χ0n) is 14.8. The first kappa shape index (κ1) is 17.8. The molecule has 0 bridgehead atoms. The summed E-state index contributed by atoms with van der Waals surface area (Å²) in [5.74, 6) is 0.870. The molecule has 4 rings (SSSR count). The van der Waals surface area contributed by atoms with Crippen LogP contribution in [0, 0.1) is 4.64 Å². The van der Waals surface area contributed by atoms with Crippen LogP contribution in [0.5, 0.6) is 5.75 Å². The number of fused-ring (bicyclic) bond motifs is 3. The SMILES string of the molecule is CCOc1ccc2c(c1)-c1c(sn(-c3ccc(Br)cc3)c1=S)C(C)(C)N2. The van der Waals surface area contributed by atoms with E-state index < -0.39 is 0 Å². The highest BCUT2D eigenvalue weighted by molar-refractivity contribution is 9.10. The molecule has 2 aromatic carbocycles. The van der Waals surface area contributed by atoms with Crippen molar-refractivity contribution in [2.24, 2.45) is 0 Å². The Morgan fingerprint density at radius 3 is 2.62 bits per heavy atom. The fraction of sp³-hybridized carbons (Fsp3) is 0.250. The van der Waals surface area contributed by atoms with Gasteiger partial charge in [-0.05, 0) is 63.2 Å². The van der Waals surface area contributed by atoms with Crippen molar-refractivity contribution in [1.82, 2.24) is 3.96 Å². The number of ether oxygens (including phenoxy) is 1. The molecule has 0 unspecified atom stereocenters. The maximum Gasteiger partial charge on any atom is 0.129 e. The second kappa shape index (κ2) is 6.51. The molecule has 0 saturated heterocycles. The van der Waals surface area contributed by atoms with Gasteiger partial charge in [0, 0.05) is 21.3 Å². The van der Waals surface area contributed by atoms with Crippen molar-refractivity contribution in [3.63, 3.8) is 0 Å². The summed E-state index contributed by atoms with van der Waals surface area (Å²) in [7, 11) is 0. The average molecular weight is 447 g/mol. The van der Waals surface area contributed by atoms with E-state index in [1.54, 1.807) is 11.5 Å². The first-order valence-corrected chi connectivity index (χ1v) is 10.5. The summed E-state index contributed by atoms with van der Waals surface area (Å²) in [6, 6.07) is 14.4. The van der Waals surface area contributed by atoms with Crippen molar-refractivity contribution in [2.75, 3.05) is 11.9 Å². The molecule has 0 atom stereocenters. The predicted molar refractivity (Wildman–Crippen MR) is 115 cm³/mol. The van der Waals surface area contributed by atoms with Crippen LogP contribution in [0.4, 0.5) is 5.69 Å². The van der Waals surface area contributed by atoms with Gasteiger partial charge in [0.2, 0.25) is 0 Å². The average Bonchev–Trinajstić information content (AvgIpc) is 2.95. The van der Waals surface area contributed by atoms with Gasteiger partial charge in [0.1, 0.15) is 10.4 Å². The number of halogens is 1. The van der Waals surface area contributed by atoms with Crippen LogP contribution >= 0.6 is 39.7 Å². The van der Waals surface area contributed by atoms with Gasteiger partial charge in [-0.1, -0.05) is 39.7 Å². The van der Waals surface area contributed by atoms with Crippen LogP contribution in [0.2, 0.25) is 0 Å². The van der Waals surface area contributed by atoms with Crippen molar-refractivity contribution < 1.29 is 4.74 Å². The van der Waals surface area contributed by atoms with Gasteiger partial charge in [0.05, 0.1) is 22.7 Å². The minimum Gasteiger partial charge on any atom is -0.494 e.